The Morgan fingerprint density at radius 1 is 1.05 bits per heavy atom. The molecule has 22 heavy (non-hydrogen) atoms. The predicted molar refractivity (Wildman–Crippen MR) is 85.3 cm³/mol. The Kier molecular flexibility index (Phi) is 4.66. The molecule has 0 aliphatic carbocycles. The maximum absolute atomic E-state index is 12.2. The molecule has 0 heterocycles. The van der Waals surface area contributed by atoms with E-state index in [1.165, 1.54) is 12.1 Å². The summed E-state index contributed by atoms with van der Waals surface area (Å²) in [5.74, 6) is 0.361. The van der Waals surface area contributed by atoms with Crippen molar-refractivity contribution in [3.05, 3.63) is 59.2 Å². The van der Waals surface area contributed by atoms with Crippen molar-refractivity contribution in [2.45, 2.75) is 18.7 Å². The average Bonchev–Trinajstić information content (AvgIpc) is 2.47. The van der Waals surface area contributed by atoms with E-state index in [0.717, 1.165) is 17.4 Å². The Bertz CT molecular complexity index is 790. The predicted octanol–water partition coefficient (Wildman–Crippen LogP) is 2.97. The first kappa shape index (κ1) is 16.2. The van der Waals surface area contributed by atoms with Crippen LogP contribution in [-0.2, 0) is 9.84 Å². The van der Waals surface area contributed by atoms with Gasteiger partial charge in [0.1, 0.15) is 5.75 Å². The third kappa shape index (κ3) is 3.95. The number of aryl methyl sites for hydroxylation is 2. The van der Waals surface area contributed by atoms with Gasteiger partial charge in [0, 0.05) is 11.8 Å². The number of benzene rings is 2. The highest BCUT2D eigenvalue weighted by molar-refractivity contribution is 7.90. The fourth-order valence-corrected chi connectivity index (χ4v) is 2.68. The van der Waals surface area contributed by atoms with Crippen molar-refractivity contribution < 1.29 is 17.9 Å². The first-order valence-corrected chi connectivity index (χ1v) is 8.70. The van der Waals surface area contributed by atoms with Crippen molar-refractivity contribution in [2.24, 2.45) is 0 Å². The van der Waals surface area contributed by atoms with E-state index < -0.39 is 9.84 Å². The maximum Gasteiger partial charge on any atom is 0.200 e. The minimum Gasteiger partial charge on any atom is -0.485 e. The van der Waals surface area contributed by atoms with Crippen molar-refractivity contribution in [1.82, 2.24) is 0 Å². The van der Waals surface area contributed by atoms with Crippen LogP contribution < -0.4 is 4.74 Å². The standard InChI is InChI=1S/C17H18O4S/c1-12-4-5-13(2)16(10-12)17(18)11-21-14-6-8-15(9-7-14)22(3,19)20/h4-10H,11H2,1-3H3. The zero-order valence-electron chi connectivity index (χ0n) is 12.8. The smallest absolute Gasteiger partial charge is 0.200 e. The molecule has 0 N–H and O–H groups in total. The molecule has 0 fully saturated rings. The van der Waals surface area contributed by atoms with Crippen LogP contribution in [0.4, 0.5) is 0 Å². The Morgan fingerprint density at radius 2 is 1.68 bits per heavy atom. The van der Waals surface area contributed by atoms with Crippen LogP contribution in [0.5, 0.6) is 5.75 Å². The van der Waals surface area contributed by atoms with Gasteiger partial charge >= 0.3 is 0 Å². The van der Waals surface area contributed by atoms with Crippen molar-refractivity contribution >= 4 is 15.6 Å². The van der Waals surface area contributed by atoms with Crippen LogP contribution in [0, 0.1) is 13.8 Å². The van der Waals surface area contributed by atoms with Gasteiger partial charge in [-0.3, -0.25) is 4.79 Å². The van der Waals surface area contributed by atoms with Gasteiger partial charge in [0.25, 0.3) is 0 Å². The summed E-state index contributed by atoms with van der Waals surface area (Å²) < 4.78 is 28.2. The van der Waals surface area contributed by atoms with Crippen molar-refractivity contribution in [1.29, 1.82) is 0 Å². The van der Waals surface area contributed by atoms with E-state index in [1.54, 1.807) is 12.1 Å². The number of rotatable bonds is 5. The second-order valence-electron chi connectivity index (χ2n) is 5.27. The fraction of sp³-hybridized carbons (Fsp3) is 0.235. The van der Waals surface area contributed by atoms with Crippen molar-refractivity contribution in [2.75, 3.05) is 12.9 Å². The maximum atomic E-state index is 12.2. The highest BCUT2D eigenvalue weighted by Gasteiger charge is 2.11. The number of sulfone groups is 1. The monoisotopic (exact) mass is 318 g/mol. The fourth-order valence-electron chi connectivity index (χ4n) is 2.05. The minimum absolute atomic E-state index is 0.0808. The van der Waals surface area contributed by atoms with Crippen LogP contribution in [0.2, 0.25) is 0 Å². The molecule has 0 aliphatic rings. The molecule has 0 radical (unpaired) electrons. The molecule has 0 unspecified atom stereocenters. The summed E-state index contributed by atoms with van der Waals surface area (Å²) in [6.45, 7) is 3.73. The quantitative estimate of drug-likeness (QED) is 0.795. The van der Waals surface area contributed by atoms with Crippen molar-refractivity contribution in [3.63, 3.8) is 0 Å². The first-order valence-electron chi connectivity index (χ1n) is 6.81. The lowest BCUT2D eigenvalue weighted by Crippen LogP contribution is -2.13. The Morgan fingerprint density at radius 3 is 2.27 bits per heavy atom. The number of carbonyl (C=O) groups excluding carboxylic acids is 1. The molecule has 0 saturated heterocycles. The molecule has 4 nitrogen and oxygen atoms in total. The van der Waals surface area contributed by atoms with Gasteiger partial charge in [-0.25, -0.2) is 8.42 Å². The third-order valence-corrected chi connectivity index (χ3v) is 4.44. The van der Waals surface area contributed by atoms with Crippen LogP contribution in [-0.4, -0.2) is 27.1 Å². The lowest BCUT2D eigenvalue weighted by Gasteiger charge is -2.09. The van der Waals surface area contributed by atoms with E-state index >= 15 is 0 Å². The molecule has 0 bridgehead atoms. The van der Waals surface area contributed by atoms with Gasteiger partial charge in [-0.15, -0.1) is 0 Å². The molecule has 0 spiro atoms. The number of ether oxygens (including phenoxy) is 1. The zero-order chi connectivity index (χ0) is 16.3. The molecule has 0 aromatic heterocycles. The molecule has 2 rings (SSSR count). The van der Waals surface area contributed by atoms with Crippen LogP contribution in [0.3, 0.4) is 0 Å². The van der Waals surface area contributed by atoms with E-state index in [2.05, 4.69) is 0 Å². The molecule has 0 saturated carbocycles. The summed E-state index contributed by atoms with van der Waals surface area (Å²) in [6.07, 6.45) is 1.15. The van der Waals surface area contributed by atoms with Gasteiger partial charge in [-0.2, -0.15) is 0 Å². The van der Waals surface area contributed by atoms with Crippen LogP contribution in [0.15, 0.2) is 47.4 Å². The van der Waals surface area contributed by atoms with E-state index in [9.17, 15) is 13.2 Å². The molecule has 0 atom stereocenters. The van der Waals surface area contributed by atoms with Gasteiger partial charge in [0.2, 0.25) is 0 Å². The second kappa shape index (κ2) is 6.32. The van der Waals surface area contributed by atoms with Crippen LogP contribution >= 0.6 is 0 Å². The summed E-state index contributed by atoms with van der Waals surface area (Å²) in [7, 11) is -3.23. The lowest BCUT2D eigenvalue weighted by atomic mass is 10.0. The van der Waals surface area contributed by atoms with E-state index in [-0.39, 0.29) is 17.3 Å². The molecule has 2 aromatic rings. The number of ketones is 1. The number of Topliss-reactive ketones (excluding diaryl/α,β-unsaturated/α-hetero) is 1. The summed E-state index contributed by atoms with van der Waals surface area (Å²) in [6, 6.07) is 11.7. The minimum atomic E-state index is -3.23. The number of hydrogen-bond donors (Lipinski definition) is 0. The molecule has 2 aromatic carbocycles. The third-order valence-electron chi connectivity index (χ3n) is 3.32. The highest BCUT2D eigenvalue weighted by Crippen LogP contribution is 2.17. The Balaban J connectivity index is 2.07. The Labute approximate surface area is 130 Å². The number of carbonyl (C=O) groups is 1. The number of hydrogen-bond acceptors (Lipinski definition) is 4. The van der Waals surface area contributed by atoms with E-state index in [1.807, 2.05) is 32.0 Å². The van der Waals surface area contributed by atoms with Gasteiger partial charge < -0.3 is 4.74 Å². The van der Waals surface area contributed by atoms with Gasteiger partial charge in [-0.1, -0.05) is 17.7 Å². The first-order chi connectivity index (χ1) is 10.3. The zero-order valence-corrected chi connectivity index (χ0v) is 13.6. The van der Waals surface area contributed by atoms with Crippen molar-refractivity contribution in [3.8, 4) is 5.75 Å². The van der Waals surface area contributed by atoms with Gasteiger partial charge in [-0.05, 0) is 49.7 Å². The summed E-state index contributed by atoms with van der Waals surface area (Å²) in [4.78, 5) is 12.4. The van der Waals surface area contributed by atoms with E-state index in [4.69, 9.17) is 4.74 Å². The second-order valence-corrected chi connectivity index (χ2v) is 7.29. The van der Waals surface area contributed by atoms with Crippen LogP contribution in [0.1, 0.15) is 21.5 Å². The summed E-state index contributed by atoms with van der Waals surface area (Å²) in [5.41, 5.74) is 2.57. The molecular weight excluding hydrogens is 300 g/mol. The van der Waals surface area contributed by atoms with Gasteiger partial charge in [0.15, 0.2) is 22.2 Å². The SMILES string of the molecule is Cc1ccc(C)c(C(=O)COc2ccc(S(C)(=O)=O)cc2)c1. The lowest BCUT2D eigenvalue weighted by molar-refractivity contribution is 0.0920. The molecule has 0 aliphatic heterocycles. The average molecular weight is 318 g/mol. The normalized spacial score (nSPS) is 11.2. The topological polar surface area (TPSA) is 60.4 Å². The van der Waals surface area contributed by atoms with E-state index in [0.29, 0.717) is 11.3 Å². The Hall–Kier alpha value is -2.14. The molecule has 116 valence electrons. The summed E-state index contributed by atoms with van der Waals surface area (Å²) >= 11 is 0. The molecule has 5 heteroatoms. The molecule has 0 amide bonds. The van der Waals surface area contributed by atoms with Gasteiger partial charge in [0.05, 0.1) is 4.90 Å². The van der Waals surface area contributed by atoms with Crippen LogP contribution in [0.25, 0.3) is 0 Å². The largest absolute Gasteiger partial charge is 0.485 e. The highest BCUT2D eigenvalue weighted by atomic mass is 32.2. The summed E-state index contributed by atoms with van der Waals surface area (Å²) in [5, 5.41) is 0. The molecular formula is C17H18O4S.